The van der Waals surface area contributed by atoms with Gasteiger partial charge in [-0.15, -0.1) is 0 Å². The van der Waals surface area contributed by atoms with E-state index in [1.54, 1.807) is 91.0 Å². The molecular weight excluding hydrogens is 1040 g/mol. The molecule has 7 aromatic rings. The molecule has 2 saturated heterocycles. The van der Waals surface area contributed by atoms with Crippen LogP contribution in [0.1, 0.15) is 59.7 Å². The number of esters is 3. The highest BCUT2D eigenvalue weighted by atomic mass is 28.3. The molecule has 0 radical (unpaired) electrons. The van der Waals surface area contributed by atoms with Crippen molar-refractivity contribution >= 4 is 26.0 Å². The van der Waals surface area contributed by atoms with E-state index in [4.69, 9.17) is 47.4 Å². The van der Waals surface area contributed by atoms with Crippen molar-refractivity contribution in [1.29, 1.82) is 0 Å². The highest BCUT2D eigenvalue weighted by molar-refractivity contribution is 6.76. The Balaban J connectivity index is 1.19. The van der Waals surface area contributed by atoms with Gasteiger partial charge in [-0.2, -0.15) is 0 Å². The third-order valence-corrected chi connectivity index (χ3v) is 15.9. The Morgan fingerprint density at radius 2 is 0.877 bits per heavy atom. The van der Waals surface area contributed by atoms with Gasteiger partial charge in [0, 0.05) is 8.07 Å². The van der Waals surface area contributed by atoms with Crippen molar-refractivity contribution in [1.82, 2.24) is 0 Å². The summed E-state index contributed by atoms with van der Waals surface area (Å²) < 4.78 is 68.2. The molecule has 14 nitrogen and oxygen atoms in total. The third-order valence-electron chi connectivity index (χ3n) is 14.2. The highest BCUT2D eigenvalue weighted by Crippen LogP contribution is 2.44. The van der Waals surface area contributed by atoms with Crippen LogP contribution in [0.15, 0.2) is 212 Å². The van der Waals surface area contributed by atoms with Crippen molar-refractivity contribution in [2.75, 3.05) is 13.2 Å². The van der Waals surface area contributed by atoms with Gasteiger partial charge in [-0.05, 0) is 65.1 Å². The van der Waals surface area contributed by atoms with E-state index in [9.17, 15) is 19.5 Å². The molecule has 15 heteroatoms. The Morgan fingerprint density at radius 1 is 0.469 bits per heavy atom. The summed E-state index contributed by atoms with van der Waals surface area (Å²) in [6, 6.07) is 64.3. The van der Waals surface area contributed by atoms with E-state index < -0.39 is 93.5 Å². The number of benzene rings is 7. The van der Waals surface area contributed by atoms with E-state index in [0.717, 1.165) is 22.3 Å². The molecule has 1 N–H and O–H groups in total. The second kappa shape index (κ2) is 28.5. The summed E-state index contributed by atoms with van der Waals surface area (Å²) in [6.45, 7) is 6.42. The number of hydrogen-bond acceptors (Lipinski definition) is 14. The number of carbonyl (C=O) groups excluding carboxylic acids is 3. The second-order valence-electron chi connectivity index (χ2n) is 21.4. The van der Waals surface area contributed by atoms with Crippen molar-refractivity contribution in [2.45, 2.75) is 119 Å². The van der Waals surface area contributed by atoms with Crippen LogP contribution in [-0.4, -0.2) is 105 Å². The molecule has 0 unspecified atom stereocenters. The molecule has 0 bridgehead atoms. The fraction of sp³-hybridized carbons (Fsp3) is 0.318. The third kappa shape index (κ3) is 16.1. The van der Waals surface area contributed by atoms with Crippen LogP contribution in [0.25, 0.3) is 0 Å². The predicted molar refractivity (Wildman–Crippen MR) is 305 cm³/mol. The average molecular weight is 1120 g/mol. The van der Waals surface area contributed by atoms with Crippen LogP contribution in [0, 0.1) is 0 Å². The van der Waals surface area contributed by atoms with Crippen LogP contribution in [0.2, 0.25) is 25.7 Å². The minimum atomic E-state index is -2.15. The van der Waals surface area contributed by atoms with Gasteiger partial charge < -0.3 is 52.5 Å². The zero-order chi connectivity index (χ0) is 56.4. The first-order chi connectivity index (χ1) is 39.4. The zero-order valence-electron chi connectivity index (χ0n) is 45.8. The van der Waals surface area contributed by atoms with Crippen molar-refractivity contribution in [3.05, 3.63) is 251 Å². The Hall–Kier alpha value is -7.15. The molecule has 0 aliphatic carbocycles. The van der Waals surface area contributed by atoms with Crippen LogP contribution in [0.5, 0.6) is 0 Å². The quantitative estimate of drug-likeness (QED) is 0.0327. The summed E-state index contributed by atoms with van der Waals surface area (Å²) in [4.78, 5) is 43.4. The standard InChI is InChI=1S/C66H70O14Si/c1-81(2,3)40-39-66(80-63(69)53-37-23-10-24-38-53)60(79-62(68)52-35-21-9-22-36-52)57(55(77-65(66)70)46-75-61(67)51-33-19-8-20-34-51)78-64-59(74-44-50-31-17-7-18-32-50)58(73-43-49-29-15-6-16-30-49)56(72-42-48-27-13-5-14-28-48)54(76-64)45-71-41-47-25-11-4-12-26-47/h4-38,54-60,64-65,70H,39-46H2,1-3H3/t54-,55-,56+,57+,58+,59-,60+,64-,65-,66-/m1/s1. The number of aliphatic hydroxyl groups is 1. The Morgan fingerprint density at radius 3 is 1.36 bits per heavy atom. The molecule has 81 heavy (non-hydrogen) atoms. The molecule has 0 spiro atoms. The predicted octanol–water partition coefficient (Wildman–Crippen LogP) is 11.2. The largest absolute Gasteiger partial charge is 0.459 e. The maximum atomic E-state index is 14.8. The molecule has 2 aliphatic rings. The molecule has 2 heterocycles. The highest BCUT2D eigenvalue weighted by Gasteiger charge is 2.63. The van der Waals surface area contributed by atoms with Gasteiger partial charge in [-0.3, -0.25) is 0 Å². The van der Waals surface area contributed by atoms with Gasteiger partial charge in [0.1, 0.15) is 43.2 Å². The first-order valence-corrected chi connectivity index (χ1v) is 31.1. The molecule has 9 rings (SSSR count). The van der Waals surface area contributed by atoms with Crippen LogP contribution in [-0.2, 0) is 73.8 Å². The SMILES string of the molecule is C[Si](C)(C)CC[C@]1(OC(=O)c2ccccc2)[C@H](O)O[C@H](COC(=O)c2ccccc2)[C@H](O[C@H]2O[C@H](COCc3ccccc3)[C@H](OCc3ccccc3)[C@H](OCc3ccccc3)[C@H]2OCc2ccccc2)[C@@H]1OC(=O)c1ccccc1. The first kappa shape index (κ1) is 58.5. The molecule has 0 saturated carbocycles. The fourth-order valence-corrected chi connectivity index (χ4v) is 11.0. The number of carbonyl (C=O) groups is 3. The van der Waals surface area contributed by atoms with Gasteiger partial charge in [0.2, 0.25) is 5.60 Å². The topological polar surface area (TPSA) is 164 Å². The first-order valence-electron chi connectivity index (χ1n) is 27.4. The molecule has 7 aromatic carbocycles. The summed E-state index contributed by atoms with van der Waals surface area (Å²) in [5.41, 5.74) is 1.97. The van der Waals surface area contributed by atoms with Crippen LogP contribution in [0.4, 0.5) is 0 Å². The van der Waals surface area contributed by atoms with Crippen molar-refractivity contribution in [3.8, 4) is 0 Å². The number of aliphatic hydroxyl groups excluding tert-OH is 1. The van der Waals surface area contributed by atoms with E-state index in [0.29, 0.717) is 6.04 Å². The van der Waals surface area contributed by atoms with E-state index >= 15 is 0 Å². The van der Waals surface area contributed by atoms with Gasteiger partial charge in [-0.25, -0.2) is 14.4 Å². The molecule has 0 aromatic heterocycles. The summed E-state index contributed by atoms with van der Waals surface area (Å²) >= 11 is 0. The van der Waals surface area contributed by atoms with Gasteiger partial charge in [-0.1, -0.05) is 202 Å². The number of hydrogen-bond donors (Lipinski definition) is 1. The van der Waals surface area contributed by atoms with Crippen molar-refractivity contribution in [2.24, 2.45) is 0 Å². The van der Waals surface area contributed by atoms with Crippen molar-refractivity contribution in [3.63, 3.8) is 0 Å². The van der Waals surface area contributed by atoms with E-state index in [1.807, 2.05) is 121 Å². The zero-order valence-corrected chi connectivity index (χ0v) is 46.8. The molecule has 422 valence electrons. The molecule has 2 fully saturated rings. The molecule has 10 atom stereocenters. The number of rotatable bonds is 25. The van der Waals surface area contributed by atoms with Crippen LogP contribution < -0.4 is 0 Å². The average Bonchev–Trinajstić information content (AvgIpc) is 3.52. The lowest BCUT2D eigenvalue weighted by Crippen LogP contribution is -2.71. The van der Waals surface area contributed by atoms with E-state index in [2.05, 4.69) is 19.6 Å². The lowest BCUT2D eigenvalue weighted by atomic mass is 9.83. The van der Waals surface area contributed by atoms with E-state index in [1.165, 1.54) is 0 Å². The van der Waals surface area contributed by atoms with Crippen molar-refractivity contribution < 1.29 is 66.9 Å². The Labute approximate surface area is 474 Å². The number of ether oxygens (including phenoxy) is 10. The molecule has 2 aliphatic heterocycles. The van der Waals surface area contributed by atoms with E-state index in [-0.39, 0.29) is 56.1 Å². The molecular formula is C66H70O14Si. The minimum absolute atomic E-state index is 0.0237. The second-order valence-corrected chi connectivity index (χ2v) is 27.0. The monoisotopic (exact) mass is 1110 g/mol. The lowest BCUT2D eigenvalue weighted by Gasteiger charge is -2.53. The lowest BCUT2D eigenvalue weighted by molar-refractivity contribution is -0.380. The van der Waals surface area contributed by atoms with Gasteiger partial charge >= 0.3 is 17.9 Å². The maximum absolute atomic E-state index is 14.8. The Kier molecular flexibility index (Phi) is 20.6. The minimum Gasteiger partial charge on any atom is -0.459 e. The Bertz CT molecular complexity index is 3010. The fourth-order valence-electron chi connectivity index (χ4n) is 9.82. The van der Waals surface area contributed by atoms with Gasteiger partial charge in [0.05, 0.1) is 49.7 Å². The smallest absolute Gasteiger partial charge is 0.339 e. The summed E-state index contributed by atoms with van der Waals surface area (Å²) in [5.74, 6) is -2.33. The summed E-state index contributed by atoms with van der Waals surface area (Å²) in [5, 5.41) is 12.8. The molecule has 0 amide bonds. The van der Waals surface area contributed by atoms with Crippen LogP contribution in [0.3, 0.4) is 0 Å². The van der Waals surface area contributed by atoms with Gasteiger partial charge in [0.25, 0.3) is 0 Å². The van der Waals surface area contributed by atoms with Crippen LogP contribution >= 0.6 is 0 Å². The van der Waals surface area contributed by atoms with Gasteiger partial charge in [0.15, 0.2) is 18.7 Å². The summed E-state index contributed by atoms with van der Waals surface area (Å²) in [6.07, 6.45) is -12.0. The summed E-state index contributed by atoms with van der Waals surface area (Å²) in [7, 11) is -2.12. The normalized spacial score (nSPS) is 23.7. The maximum Gasteiger partial charge on any atom is 0.339 e.